The minimum absolute atomic E-state index is 0.0689. The molecular formula is C19H12ClF6NO3. The van der Waals surface area contributed by atoms with Crippen molar-refractivity contribution in [2.45, 2.75) is 24.9 Å². The van der Waals surface area contributed by atoms with Gasteiger partial charge in [0.15, 0.2) is 6.04 Å². The molecule has 0 saturated heterocycles. The van der Waals surface area contributed by atoms with Crippen molar-refractivity contribution in [2.24, 2.45) is 0 Å². The first-order chi connectivity index (χ1) is 13.9. The van der Waals surface area contributed by atoms with E-state index in [9.17, 15) is 31.1 Å². The summed E-state index contributed by atoms with van der Waals surface area (Å²) < 4.78 is 84.2. The van der Waals surface area contributed by atoms with E-state index in [-0.39, 0.29) is 21.8 Å². The molecule has 1 atom stereocenters. The van der Waals surface area contributed by atoms with Gasteiger partial charge in [-0.05, 0) is 42.0 Å². The summed E-state index contributed by atoms with van der Waals surface area (Å²) in [5.41, 5.74) is -0.556. The first-order valence-corrected chi connectivity index (χ1v) is 8.65. The van der Waals surface area contributed by atoms with Crippen LogP contribution in [0, 0.1) is 0 Å². The SMILES string of the molecule is O=C(O)OC1=Cc2cc(Cl)ccc2N(Cc2ccc(C(F)(F)F)cc2)C1C(F)(F)F. The lowest BCUT2D eigenvalue weighted by atomic mass is 9.99. The zero-order valence-corrected chi connectivity index (χ0v) is 15.5. The average molecular weight is 452 g/mol. The number of ether oxygens (including phenoxy) is 1. The number of anilines is 1. The number of carboxylic acid groups (broad SMARTS) is 1. The number of hydrogen-bond acceptors (Lipinski definition) is 3. The highest BCUT2D eigenvalue weighted by Crippen LogP contribution is 2.42. The minimum atomic E-state index is -4.94. The molecule has 1 heterocycles. The Morgan fingerprint density at radius 2 is 1.70 bits per heavy atom. The Hall–Kier alpha value is -2.88. The number of fused-ring (bicyclic) bond motifs is 1. The number of carbonyl (C=O) groups is 1. The van der Waals surface area contributed by atoms with Crippen molar-refractivity contribution < 1.29 is 41.0 Å². The predicted molar refractivity (Wildman–Crippen MR) is 96.0 cm³/mol. The molecule has 0 bridgehead atoms. The second-order valence-corrected chi connectivity index (χ2v) is 6.82. The Balaban J connectivity index is 2.07. The third-order valence-electron chi connectivity index (χ3n) is 4.33. The largest absolute Gasteiger partial charge is 0.511 e. The molecule has 11 heteroatoms. The van der Waals surface area contributed by atoms with Gasteiger partial charge in [-0.2, -0.15) is 26.3 Å². The fourth-order valence-electron chi connectivity index (χ4n) is 3.12. The van der Waals surface area contributed by atoms with Crippen molar-refractivity contribution in [3.05, 3.63) is 69.9 Å². The van der Waals surface area contributed by atoms with Gasteiger partial charge >= 0.3 is 18.5 Å². The molecule has 1 aliphatic heterocycles. The topological polar surface area (TPSA) is 49.8 Å². The fourth-order valence-corrected chi connectivity index (χ4v) is 3.30. The lowest BCUT2D eigenvalue weighted by molar-refractivity contribution is -0.147. The van der Waals surface area contributed by atoms with E-state index in [2.05, 4.69) is 4.74 Å². The van der Waals surface area contributed by atoms with Crippen molar-refractivity contribution in [1.82, 2.24) is 0 Å². The van der Waals surface area contributed by atoms with Crippen LogP contribution in [-0.4, -0.2) is 23.5 Å². The van der Waals surface area contributed by atoms with E-state index in [4.69, 9.17) is 16.7 Å². The van der Waals surface area contributed by atoms with Gasteiger partial charge < -0.3 is 14.7 Å². The molecule has 0 aliphatic carbocycles. The standard InChI is InChI=1S/C19H12ClF6NO3/c20-13-5-6-14-11(7-13)8-15(30-17(28)29)16(19(24,25)26)27(14)9-10-1-3-12(4-2-10)18(21,22)23/h1-8,16H,9H2,(H,28,29). The van der Waals surface area contributed by atoms with E-state index in [1.807, 2.05) is 0 Å². The van der Waals surface area contributed by atoms with E-state index in [1.165, 1.54) is 18.2 Å². The summed E-state index contributed by atoms with van der Waals surface area (Å²) in [6.07, 6.45) is -10.5. The first-order valence-electron chi connectivity index (χ1n) is 8.27. The van der Waals surface area contributed by atoms with Crippen molar-refractivity contribution in [1.29, 1.82) is 0 Å². The highest BCUT2D eigenvalue weighted by Gasteiger charge is 2.50. The summed E-state index contributed by atoms with van der Waals surface area (Å²) in [6.45, 7) is -0.461. The summed E-state index contributed by atoms with van der Waals surface area (Å²) in [5.74, 6) is -0.892. The maximum Gasteiger partial charge on any atom is 0.511 e. The monoisotopic (exact) mass is 451 g/mol. The second kappa shape index (κ2) is 7.75. The summed E-state index contributed by atoms with van der Waals surface area (Å²) in [5, 5.41) is 9.05. The number of benzene rings is 2. The molecular weight excluding hydrogens is 440 g/mol. The molecule has 1 unspecified atom stereocenters. The van der Waals surface area contributed by atoms with E-state index in [1.54, 1.807) is 0 Å². The van der Waals surface area contributed by atoms with Crippen LogP contribution >= 0.6 is 11.6 Å². The molecule has 3 rings (SSSR count). The van der Waals surface area contributed by atoms with Gasteiger partial charge in [-0.1, -0.05) is 23.7 Å². The summed E-state index contributed by atoms with van der Waals surface area (Å²) >= 11 is 5.89. The van der Waals surface area contributed by atoms with Crippen LogP contribution in [0.15, 0.2) is 48.2 Å². The number of hydrogen-bond donors (Lipinski definition) is 1. The Morgan fingerprint density at radius 1 is 1.07 bits per heavy atom. The second-order valence-electron chi connectivity index (χ2n) is 6.38. The van der Waals surface area contributed by atoms with Gasteiger partial charge in [-0.25, -0.2) is 4.79 Å². The maximum atomic E-state index is 13.9. The Bertz CT molecular complexity index is 985. The molecule has 0 fully saturated rings. The number of alkyl halides is 6. The van der Waals surface area contributed by atoms with Crippen molar-refractivity contribution >= 4 is 29.5 Å². The average Bonchev–Trinajstić information content (AvgIpc) is 2.59. The Morgan fingerprint density at radius 3 is 2.23 bits per heavy atom. The molecule has 30 heavy (non-hydrogen) atoms. The van der Waals surface area contributed by atoms with E-state index < -0.39 is 42.4 Å². The predicted octanol–water partition coefficient (Wildman–Crippen LogP) is 6.35. The summed E-state index contributed by atoms with van der Waals surface area (Å²) in [6, 6.07) is 5.16. The zero-order chi connectivity index (χ0) is 22.3. The van der Waals surface area contributed by atoms with E-state index >= 15 is 0 Å². The molecule has 1 aliphatic rings. The molecule has 0 saturated carbocycles. The lowest BCUT2D eigenvalue weighted by Crippen LogP contribution is -2.49. The highest BCUT2D eigenvalue weighted by molar-refractivity contribution is 6.30. The van der Waals surface area contributed by atoms with Crippen molar-refractivity contribution in [2.75, 3.05) is 4.90 Å². The van der Waals surface area contributed by atoms with Crippen LogP contribution in [-0.2, 0) is 17.5 Å². The number of rotatable bonds is 3. The molecule has 1 N–H and O–H groups in total. The fraction of sp³-hybridized carbons (Fsp3) is 0.211. The first kappa shape index (κ1) is 21.8. The molecule has 0 amide bonds. The van der Waals surface area contributed by atoms with Gasteiger partial charge in [0.1, 0.15) is 5.76 Å². The van der Waals surface area contributed by atoms with Crippen LogP contribution in [0.5, 0.6) is 0 Å². The van der Waals surface area contributed by atoms with Crippen molar-refractivity contribution in [3.8, 4) is 0 Å². The minimum Gasteiger partial charge on any atom is -0.449 e. The van der Waals surface area contributed by atoms with Gasteiger partial charge in [-0.15, -0.1) is 0 Å². The van der Waals surface area contributed by atoms with Gasteiger partial charge in [0.25, 0.3) is 0 Å². The van der Waals surface area contributed by atoms with Crippen LogP contribution in [0.2, 0.25) is 5.02 Å². The Labute approximate surface area is 170 Å². The van der Waals surface area contributed by atoms with Gasteiger partial charge in [0, 0.05) is 22.8 Å². The summed E-state index contributed by atoms with van der Waals surface area (Å²) in [7, 11) is 0. The third kappa shape index (κ3) is 4.64. The van der Waals surface area contributed by atoms with Crippen molar-refractivity contribution in [3.63, 3.8) is 0 Å². The maximum absolute atomic E-state index is 13.9. The number of halogens is 7. The number of nitrogens with zero attached hydrogens (tertiary/aromatic N) is 1. The van der Waals surface area contributed by atoms with Gasteiger partial charge in [-0.3, -0.25) is 0 Å². The van der Waals surface area contributed by atoms with Gasteiger partial charge in [0.05, 0.1) is 5.56 Å². The zero-order valence-electron chi connectivity index (χ0n) is 14.8. The quantitative estimate of drug-likeness (QED) is 0.436. The Kier molecular flexibility index (Phi) is 5.64. The van der Waals surface area contributed by atoms with Crippen LogP contribution in [0.3, 0.4) is 0 Å². The highest BCUT2D eigenvalue weighted by atomic mass is 35.5. The van der Waals surface area contributed by atoms with E-state index in [0.29, 0.717) is 0 Å². The van der Waals surface area contributed by atoms with Crippen LogP contribution in [0.4, 0.5) is 36.8 Å². The van der Waals surface area contributed by atoms with Crippen LogP contribution < -0.4 is 4.90 Å². The molecule has 2 aromatic carbocycles. The van der Waals surface area contributed by atoms with Crippen LogP contribution in [0.25, 0.3) is 6.08 Å². The molecule has 160 valence electrons. The third-order valence-corrected chi connectivity index (χ3v) is 4.56. The normalized spacial score (nSPS) is 16.7. The van der Waals surface area contributed by atoms with Crippen LogP contribution in [0.1, 0.15) is 16.7 Å². The summed E-state index contributed by atoms with van der Waals surface area (Å²) in [4.78, 5) is 11.7. The smallest absolute Gasteiger partial charge is 0.449 e. The lowest BCUT2D eigenvalue weighted by Gasteiger charge is -2.39. The van der Waals surface area contributed by atoms with E-state index in [0.717, 1.165) is 35.2 Å². The molecule has 0 aromatic heterocycles. The molecule has 4 nitrogen and oxygen atoms in total. The molecule has 0 radical (unpaired) electrons. The molecule has 2 aromatic rings. The van der Waals surface area contributed by atoms with Gasteiger partial charge in [0.2, 0.25) is 0 Å². The molecule has 0 spiro atoms.